The van der Waals surface area contributed by atoms with Gasteiger partial charge in [0.15, 0.2) is 0 Å². The first kappa shape index (κ1) is 136. The van der Waals surface area contributed by atoms with E-state index in [-0.39, 0.29) is 132 Å². The molecule has 0 heterocycles. The van der Waals surface area contributed by atoms with E-state index in [0.29, 0.717) is 12.8 Å². The lowest BCUT2D eigenvalue weighted by Gasteiger charge is -2.23. The van der Waals surface area contributed by atoms with Crippen molar-refractivity contribution in [1.29, 1.82) is 0 Å². The Hall–Kier alpha value is -2.42. The van der Waals surface area contributed by atoms with Crippen LogP contribution in [0.1, 0.15) is 219 Å². The van der Waals surface area contributed by atoms with E-state index in [1.807, 2.05) is 0 Å². The molecule has 0 aromatic carbocycles. The molecule has 0 spiro atoms. The van der Waals surface area contributed by atoms with Crippen LogP contribution in [0.5, 0.6) is 0 Å². The predicted octanol–water partition coefficient (Wildman–Crippen LogP) is -6.07. The van der Waals surface area contributed by atoms with E-state index in [4.69, 9.17) is 184 Å². The first-order valence-corrected chi connectivity index (χ1v) is 37.7. The van der Waals surface area contributed by atoms with E-state index < -0.39 is 105 Å². The lowest BCUT2D eigenvalue weighted by atomic mass is 9.93. The number of carbonyl (C=O) groups is 2. The highest BCUT2D eigenvalue weighted by atomic mass is 16.4. The summed E-state index contributed by atoms with van der Waals surface area (Å²) in [6.45, 7) is -4.38. The number of aliphatic hydroxyl groups excluding tert-OH is 34. The largest absolute Gasteiger partial charge is 0.481 e. The van der Waals surface area contributed by atoms with Crippen LogP contribution in [0.15, 0.2) is 0 Å². The molecule has 0 unspecified atom stereocenters. The molecule has 0 radical (unpaired) electrons. The molecule has 0 aromatic rings. The number of aliphatic carboxylic acids is 2. The molecule has 0 fully saturated rings. The zero-order valence-corrected chi connectivity index (χ0v) is 65.8. The van der Waals surface area contributed by atoms with Crippen molar-refractivity contribution in [3.05, 3.63) is 0 Å². The standard InChI is InChI=1S/2C18H36O2.C5H12O4.10C3H8O3/c2*1-2-3-4-5-6-7-8-9-10-11-12-13-14-15-16-17-18(19)20;6-1-5(2-7,3-8)4-9;10*4-1-3(6)2-5/h2*2-17H2,1H3,(H,19,20);6-9H,1-4H2;10*3-6H,1-2H2. The molecule has 38 nitrogen and oxygen atoms in total. The van der Waals surface area contributed by atoms with Crippen molar-refractivity contribution in [1.82, 2.24) is 0 Å². The van der Waals surface area contributed by atoms with E-state index in [2.05, 4.69) is 13.8 Å². The Morgan fingerprint density at radius 3 is 0.330 bits per heavy atom. The van der Waals surface area contributed by atoms with Crippen LogP contribution in [0.3, 0.4) is 0 Å². The van der Waals surface area contributed by atoms with Gasteiger partial charge in [0.1, 0.15) is 61.0 Å². The van der Waals surface area contributed by atoms with Gasteiger partial charge in [-0.15, -0.1) is 0 Å². The average molecular weight is 1630 g/mol. The van der Waals surface area contributed by atoms with Gasteiger partial charge < -0.3 is 184 Å². The minimum atomic E-state index is -1.11. The Bertz CT molecular complexity index is 1210. The monoisotopic (exact) mass is 1630 g/mol. The van der Waals surface area contributed by atoms with Crippen molar-refractivity contribution in [2.75, 3.05) is 159 Å². The Morgan fingerprint density at radius 2 is 0.275 bits per heavy atom. The number of rotatable bonds is 56. The minimum absolute atomic E-state index is 0.345. The van der Waals surface area contributed by atoms with Gasteiger partial charge in [-0.25, -0.2) is 0 Å². The summed E-state index contributed by atoms with van der Waals surface area (Å²) >= 11 is 0. The maximum Gasteiger partial charge on any atom is 0.303 e. The SMILES string of the molecule is CCCCCCCCCCCCCCCCCC(=O)O.CCCCCCCCCCCCCCCCCC(=O)O.OCC(CO)(CO)CO.OCC(O)CO.OCC(O)CO.OCC(O)CO.OCC(O)CO.OCC(O)CO.OCC(O)CO.OCC(O)CO.OCC(O)CO.OCC(O)CO.OCC(O)CO. The maximum atomic E-state index is 10.3. The van der Waals surface area contributed by atoms with Crippen LogP contribution in [0.2, 0.25) is 0 Å². The molecule has 0 atom stereocenters. The molecule has 0 aliphatic heterocycles. The molecule has 36 N–H and O–H groups in total. The lowest BCUT2D eigenvalue weighted by Crippen LogP contribution is -2.37. The van der Waals surface area contributed by atoms with Crippen LogP contribution in [-0.4, -0.2) is 415 Å². The molecule has 38 heteroatoms. The summed E-state index contributed by atoms with van der Waals surface area (Å²) in [5, 5.41) is 291. The summed E-state index contributed by atoms with van der Waals surface area (Å²) in [6.07, 6.45) is 30.9. The van der Waals surface area contributed by atoms with Gasteiger partial charge >= 0.3 is 11.9 Å². The second-order valence-electron chi connectivity index (χ2n) is 24.5. The fourth-order valence-corrected chi connectivity index (χ4v) is 6.17. The van der Waals surface area contributed by atoms with Gasteiger partial charge in [0, 0.05) is 12.8 Å². The van der Waals surface area contributed by atoms with Crippen molar-refractivity contribution in [3.63, 3.8) is 0 Å². The van der Waals surface area contributed by atoms with E-state index in [1.54, 1.807) is 0 Å². The zero-order chi connectivity index (χ0) is 87.0. The second kappa shape index (κ2) is 126. The van der Waals surface area contributed by atoms with E-state index in [1.165, 1.54) is 167 Å². The molecule has 0 saturated carbocycles. The van der Waals surface area contributed by atoms with Crippen molar-refractivity contribution >= 4 is 11.9 Å². The van der Waals surface area contributed by atoms with Gasteiger partial charge in [-0.2, -0.15) is 0 Å². The zero-order valence-electron chi connectivity index (χ0n) is 65.8. The Labute approximate surface area is 647 Å². The van der Waals surface area contributed by atoms with E-state index in [0.717, 1.165) is 25.7 Å². The third kappa shape index (κ3) is 162. The Kier molecular flexibility index (Phi) is 157. The number of hydrogen-bond donors (Lipinski definition) is 36. The van der Waals surface area contributed by atoms with Gasteiger partial charge in [-0.3, -0.25) is 9.59 Å². The Morgan fingerprint density at radius 1 is 0.183 bits per heavy atom. The van der Waals surface area contributed by atoms with Gasteiger partial charge in [-0.1, -0.05) is 194 Å². The van der Waals surface area contributed by atoms with Crippen molar-refractivity contribution in [2.24, 2.45) is 5.41 Å². The first-order valence-electron chi connectivity index (χ1n) is 37.7. The summed E-state index contributed by atoms with van der Waals surface area (Å²) in [5.74, 6) is -1.31. The molecular formula is C71H164O38. The smallest absolute Gasteiger partial charge is 0.303 e. The molecule has 0 aliphatic carbocycles. The molecule has 109 heavy (non-hydrogen) atoms. The molecular weight excluding hydrogens is 1460 g/mol. The first-order chi connectivity index (χ1) is 51.9. The Balaban J connectivity index is -0.0000000866. The topological polar surface area (TPSA) is 762 Å². The molecule has 0 aliphatic rings. The summed E-state index contributed by atoms with van der Waals surface area (Å²) in [7, 11) is 0. The molecule has 676 valence electrons. The molecule has 0 rings (SSSR count). The third-order valence-electron chi connectivity index (χ3n) is 13.5. The molecule has 0 amide bonds. The van der Waals surface area contributed by atoms with Crippen LogP contribution < -0.4 is 0 Å². The van der Waals surface area contributed by atoms with Crippen LogP contribution in [-0.2, 0) is 9.59 Å². The minimum Gasteiger partial charge on any atom is -0.481 e. The molecule has 0 saturated heterocycles. The number of aliphatic hydroxyl groups is 34. The number of carboxylic acid groups (broad SMARTS) is 2. The summed E-state index contributed by atoms with van der Waals surface area (Å²) in [6, 6.07) is 0. The fraction of sp³-hybridized carbons (Fsp3) is 0.972. The van der Waals surface area contributed by atoms with Gasteiger partial charge in [0.2, 0.25) is 0 Å². The van der Waals surface area contributed by atoms with Crippen molar-refractivity contribution in [2.45, 2.75) is 280 Å². The summed E-state index contributed by atoms with van der Waals surface area (Å²) < 4.78 is 0. The van der Waals surface area contributed by atoms with Crippen LogP contribution in [0.25, 0.3) is 0 Å². The highest BCUT2D eigenvalue weighted by molar-refractivity contribution is 5.66. The van der Waals surface area contributed by atoms with Crippen LogP contribution in [0.4, 0.5) is 0 Å². The second-order valence-corrected chi connectivity index (χ2v) is 24.5. The lowest BCUT2D eigenvalue weighted by molar-refractivity contribution is -0.138. The van der Waals surface area contributed by atoms with Crippen LogP contribution in [0, 0.1) is 5.41 Å². The van der Waals surface area contributed by atoms with Gasteiger partial charge in [0.25, 0.3) is 0 Å². The fourth-order valence-electron chi connectivity index (χ4n) is 6.17. The summed E-state index contributed by atoms with van der Waals surface area (Å²) in [5.41, 5.74) is -1.11. The molecule has 0 aromatic heterocycles. The van der Waals surface area contributed by atoms with Crippen molar-refractivity contribution in [3.8, 4) is 0 Å². The third-order valence-corrected chi connectivity index (χ3v) is 13.5. The average Bonchev–Trinajstić information content (AvgIpc) is 0.915. The highest BCUT2D eigenvalue weighted by Gasteiger charge is 2.26. The van der Waals surface area contributed by atoms with Crippen LogP contribution >= 0.6 is 0 Å². The normalized spacial score (nSPS) is 10.5. The predicted molar refractivity (Wildman–Crippen MR) is 407 cm³/mol. The quantitative estimate of drug-likeness (QED) is 0.0252. The number of unbranched alkanes of at least 4 members (excludes halogenated alkanes) is 28. The van der Waals surface area contributed by atoms with Gasteiger partial charge in [-0.05, 0) is 12.8 Å². The van der Waals surface area contributed by atoms with Gasteiger partial charge in [0.05, 0.1) is 164 Å². The highest BCUT2D eigenvalue weighted by Crippen LogP contribution is 2.16. The molecule has 0 bridgehead atoms. The summed E-state index contributed by atoms with van der Waals surface area (Å²) in [4.78, 5) is 20.7. The van der Waals surface area contributed by atoms with E-state index >= 15 is 0 Å². The number of carboxylic acids is 2. The number of hydrogen-bond acceptors (Lipinski definition) is 36. The van der Waals surface area contributed by atoms with E-state index in [9.17, 15) is 9.59 Å². The maximum absolute atomic E-state index is 10.3. The van der Waals surface area contributed by atoms with Crippen molar-refractivity contribution < 1.29 is 193 Å².